The molecule has 0 radical (unpaired) electrons. The third kappa shape index (κ3) is 3.74. The summed E-state index contributed by atoms with van der Waals surface area (Å²) in [4.78, 5) is 5.06. The normalized spacial score (nSPS) is 16.6. The highest BCUT2D eigenvalue weighted by molar-refractivity contribution is 7.22. The van der Waals surface area contributed by atoms with Crippen LogP contribution < -0.4 is 74.6 Å². The summed E-state index contributed by atoms with van der Waals surface area (Å²) < 4.78 is 27.1. The lowest BCUT2D eigenvalue weighted by molar-refractivity contribution is -0.962. The summed E-state index contributed by atoms with van der Waals surface area (Å²) in [6, 6.07) is 76.3. The van der Waals surface area contributed by atoms with E-state index in [4.69, 9.17) is 14.2 Å². The second-order valence-corrected chi connectivity index (χ2v) is 26.2. The number of para-hydroxylation sites is 2. The topological polar surface area (TPSA) is 41.9 Å². The van der Waals surface area contributed by atoms with Gasteiger partial charge in [-0.15, -0.1) is 0 Å². The predicted octanol–water partition coefficient (Wildman–Crippen LogP) is 6.82. The zero-order chi connectivity index (χ0) is 44.1. The maximum Gasteiger partial charge on any atom is 0.322 e. The van der Waals surface area contributed by atoms with Gasteiger partial charge in [0.2, 0.25) is 0 Å². The molecule has 68 heavy (non-hydrogen) atoms. The van der Waals surface area contributed by atoms with Crippen molar-refractivity contribution in [3.63, 3.8) is 0 Å². The molecule has 0 N–H and O–H groups in total. The fraction of sp³-hybridized carbons (Fsp3) is 0.0169. The van der Waals surface area contributed by atoms with Crippen molar-refractivity contribution in [1.82, 2.24) is 0 Å². The van der Waals surface area contributed by atoms with Gasteiger partial charge in [-0.3, -0.25) is 0 Å². The molecule has 0 unspecified atom stereocenters. The molecule has 0 saturated heterocycles. The highest BCUT2D eigenvalue weighted by Gasteiger charge is 2.73. The minimum absolute atomic E-state index is 0.797. The standard InChI is InChI=1S/C59H36N4O3Si2/c1-5-17-37(18-6-1)67(38-19-7-2-8-20-38)47-27-13-25-43-53(47)62-55-45(65-43)33-31-41-51(55)59(60-35-15-29-49(67)57(60)62)52-42(64-41)32-34-46-56(52)63-54-44(66-46)26-14-28-48(54)68(39-21-9-3-10-22-39,40-23-11-4-12-24-40)50-30-16-36-61(59)58(50)63/h1-36H/q+2. The molecule has 17 rings (SSSR count). The molecule has 8 aromatic carbocycles. The Hall–Kier alpha value is -8.51. The van der Waals surface area contributed by atoms with Crippen molar-refractivity contribution < 1.29 is 23.3 Å². The number of anilines is 6. The molecule has 316 valence electrons. The number of rotatable bonds is 4. The van der Waals surface area contributed by atoms with Crippen molar-refractivity contribution >= 4 is 92.0 Å². The lowest BCUT2D eigenvalue weighted by atomic mass is 9.79. The van der Waals surface area contributed by atoms with Crippen LogP contribution in [0, 0.1) is 0 Å². The molecule has 0 aliphatic carbocycles. The molecule has 1 spiro atoms. The van der Waals surface area contributed by atoms with Crippen molar-refractivity contribution in [3.05, 3.63) is 230 Å². The van der Waals surface area contributed by atoms with Crippen molar-refractivity contribution in [2.45, 2.75) is 5.66 Å². The zero-order valence-electron chi connectivity index (χ0n) is 36.3. The molecular formula is C59H36N4O3Si2+2. The van der Waals surface area contributed by atoms with Gasteiger partial charge in [-0.2, -0.15) is 18.9 Å². The average Bonchev–Trinajstić information content (AvgIpc) is 3.41. The van der Waals surface area contributed by atoms with E-state index >= 15 is 0 Å². The van der Waals surface area contributed by atoms with Gasteiger partial charge in [0.1, 0.15) is 22.6 Å². The second-order valence-electron chi connectivity index (χ2n) is 18.7. The van der Waals surface area contributed by atoms with Gasteiger partial charge in [-0.25, -0.2) is 0 Å². The van der Waals surface area contributed by atoms with Crippen LogP contribution >= 0.6 is 0 Å². The van der Waals surface area contributed by atoms with Crippen LogP contribution in [-0.2, 0) is 5.66 Å². The molecule has 0 saturated carbocycles. The number of benzene rings is 8. The predicted molar refractivity (Wildman–Crippen MR) is 269 cm³/mol. The quantitative estimate of drug-likeness (QED) is 0.143. The molecule has 0 fully saturated rings. The molecule has 0 bridgehead atoms. The summed E-state index contributed by atoms with van der Waals surface area (Å²) in [5.74, 6) is 7.16. The largest absolute Gasteiger partial charge is 0.456 e. The summed E-state index contributed by atoms with van der Waals surface area (Å²) in [6.07, 6.45) is 4.66. The van der Waals surface area contributed by atoms with E-state index in [1.54, 1.807) is 0 Å². The Kier molecular flexibility index (Phi) is 6.35. The van der Waals surface area contributed by atoms with E-state index in [0.717, 1.165) is 80.0 Å². The van der Waals surface area contributed by atoms with Gasteiger partial charge in [0.15, 0.2) is 61.9 Å². The lowest BCUT2D eigenvalue weighted by Gasteiger charge is -2.52. The average molecular weight is 905 g/mol. The molecule has 7 aliphatic heterocycles. The van der Waals surface area contributed by atoms with Crippen LogP contribution in [0.4, 0.5) is 34.4 Å². The second kappa shape index (κ2) is 12.1. The van der Waals surface area contributed by atoms with Crippen LogP contribution in [0.25, 0.3) is 0 Å². The first-order chi connectivity index (χ1) is 33.7. The maximum atomic E-state index is 7.29. The van der Waals surface area contributed by atoms with Crippen LogP contribution in [0.3, 0.4) is 0 Å². The minimum Gasteiger partial charge on any atom is -0.456 e. The Morgan fingerprint density at radius 2 is 0.647 bits per heavy atom. The molecule has 0 amide bonds. The smallest absolute Gasteiger partial charge is 0.322 e. The van der Waals surface area contributed by atoms with Gasteiger partial charge in [-0.05, 0) is 69.3 Å². The molecular weight excluding hydrogens is 869 g/mol. The molecule has 7 nitrogen and oxygen atoms in total. The first kappa shape index (κ1) is 35.7. The van der Waals surface area contributed by atoms with Crippen molar-refractivity contribution in [3.8, 4) is 34.5 Å². The molecule has 10 aromatic rings. The summed E-state index contributed by atoms with van der Waals surface area (Å²) in [5, 5.41) is 10.5. The number of hydrogen-bond acceptors (Lipinski definition) is 5. The van der Waals surface area contributed by atoms with E-state index in [0.29, 0.717) is 0 Å². The first-order valence-corrected chi connectivity index (χ1v) is 27.3. The number of ether oxygens (including phenoxy) is 3. The number of hydrogen-bond donors (Lipinski definition) is 0. The Bertz CT molecular complexity index is 3590. The summed E-state index contributed by atoms with van der Waals surface area (Å²) in [5.41, 5.74) is 5.24. The van der Waals surface area contributed by atoms with E-state index in [9.17, 15) is 0 Å². The SMILES string of the molecule is c1ccc([Si]2(c3ccccc3)c3cccc4c3N3c5c(ccc6c5C5(c7c(ccc8c7N7c9c(cccc9[Si](c9ccccc9)(c9ccccc9)c9ccc[n+]5c97)O8)O6)[n+]5cccc2c53)O4)cc1. The third-order valence-corrected chi connectivity index (χ3v) is 25.6. The van der Waals surface area contributed by atoms with Crippen molar-refractivity contribution in [2.24, 2.45) is 0 Å². The fourth-order valence-electron chi connectivity index (χ4n) is 13.7. The number of nitrogens with zero attached hydrogens (tertiary/aromatic N) is 4. The van der Waals surface area contributed by atoms with Crippen molar-refractivity contribution in [2.75, 3.05) is 9.80 Å². The minimum atomic E-state index is -3.11. The molecule has 9 heteroatoms. The Morgan fingerprint density at radius 1 is 0.309 bits per heavy atom. The van der Waals surface area contributed by atoms with Gasteiger partial charge < -0.3 is 14.2 Å². The van der Waals surface area contributed by atoms with E-state index < -0.39 is 21.8 Å². The molecule has 2 aromatic heterocycles. The maximum absolute atomic E-state index is 7.29. The first-order valence-electron chi connectivity index (χ1n) is 23.3. The molecule has 0 atom stereocenters. The highest BCUT2D eigenvalue weighted by atomic mass is 28.3. The summed E-state index contributed by atoms with van der Waals surface area (Å²) in [7, 11) is -6.22. The van der Waals surface area contributed by atoms with Gasteiger partial charge in [0.25, 0.3) is 11.6 Å². The van der Waals surface area contributed by atoms with Crippen LogP contribution in [0.15, 0.2) is 219 Å². The zero-order valence-corrected chi connectivity index (χ0v) is 38.3. The number of aromatic nitrogens is 2. The summed E-state index contributed by atoms with van der Waals surface area (Å²) >= 11 is 0. The Balaban J connectivity index is 1.10. The molecule has 9 heterocycles. The fourth-order valence-corrected chi connectivity index (χ4v) is 24.0. The van der Waals surface area contributed by atoms with Gasteiger partial charge in [0, 0.05) is 20.7 Å². The monoisotopic (exact) mass is 904 g/mol. The van der Waals surface area contributed by atoms with Crippen molar-refractivity contribution in [1.29, 1.82) is 0 Å². The lowest BCUT2D eigenvalue weighted by Crippen LogP contribution is -2.86. The van der Waals surface area contributed by atoms with Crippen LogP contribution in [-0.4, -0.2) is 16.1 Å². The van der Waals surface area contributed by atoms with E-state index in [1.807, 2.05) is 0 Å². The third-order valence-electron chi connectivity index (χ3n) is 16.0. The van der Waals surface area contributed by atoms with Crippen LogP contribution in [0.5, 0.6) is 34.5 Å². The van der Waals surface area contributed by atoms with Crippen LogP contribution in [0.2, 0.25) is 0 Å². The Labute approximate surface area is 393 Å². The van der Waals surface area contributed by atoms with Gasteiger partial charge in [-0.1, -0.05) is 158 Å². The molecule has 7 aliphatic rings. The highest BCUT2D eigenvalue weighted by Crippen LogP contribution is 2.66. The summed E-state index contributed by atoms with van der Waals surface area (Å²) in [6.45, 7) is 0. The Morgan fingerprint density at radius 3 is 1.04 bits per heavy atom. The number of pyridine rings is 2. The van der Waals surface area contributed by atoms with E-state index in [2.05, 4.69) is 238 Å². The van der Waals surface area contributed by atoms with E-state index in [1.165, 1.54) is 41.5 Å². The van der Waals surface area contributed by atoms with Gasteiger partial charge >= 0.3 is 5.66 Å². The van der Waals surface area contributed by atoms with Gasteiger partial charge in [0.05, 0.1) is 12.4 Å². The van der Waals surface area contributed by atoms with E-state index in [-0.39, 0.29) is 0 Å². The van der Waals surface area contributed by atoms with Crippen LogP contribution in [0.1, 0.15) is 11.1 Å².